The maximum Gasteiger partial charge on any atom is 0.216 e. The lowest BCUT2D eigenvalue weighted by Gasteiger charge is -2.30. The van der Waals surface area contributed by atoms with Crippen LogP contribution in [-0.4, -0.2) is 46.8 Å². The molecule has 4 atom stereocenters. The molecule has 0 amide bonds. The highest BCUT2D eigenvalue weighted by Gasteiger charge is 2.40. The van der Waals surface area contributed by atoms with E-state index in [2.05, 4.69) is 18.7 Å². The minimum absolute atomic E-state index is 0.217. The molecule has 4 heteroatoms. The molecule has 0 aromatic heterocycles. The predicted molar refractivity (Wildman–Crippen MR) is 74.3 cm³/mol. The van der Waals surface area contributed by atoms with Crippen molar-refractivity contribution in [3.8, 4) is 0 Å². The highest BCUT2D eigenvalue weighted by Crippen LogP contribution is 2.37. The molecule has 2 N–H and O–H groups in total. The van der Waals surface area contributed by atoms with Crippen LogP contribution in [0.4, 0.5) is 0 Å². The Bertz CT molecular complexity index is 353. The summed E-state index contributed by atoms with van der Waals surface area (Å²) in [6.07, 6.45) is 6.07. The van der Waals surface area contributed by atoms with Crippen LogP contribution in [-0.2, 0) is 4.74 Å². The molecule has 0 saturated carbocycles. The van der Waals surface area contributed by atoms with Gasteiger partial charge in [-0.2, -0.15) is 0 Å². The molecule has 0 spiro atoms. The first kappa shape index (κ1) is 14.7. The Hall–Kier alpha value is -0.680. The van der Waals surface area contributed by atoms with E-state index in [0.29, 0.717) is 17.8 Å². The molecular formula is C15H25NO3. The van der Waals surface area contributed by atoms with Crippen molar-refractivity contribution in [1.29, 1.82) is 0 Å². The van der Waals surface area contributed by atoms with Crippen molar-refractivity contribution in [2.24, 2.45) is 17.8 Å². The van der Waals surface area contributed by atoms with Gasteiger partial charge < -0.3 is 14.9 Å². The first-order valence-corrected chi connectivity index (χ1v) is 6.98. The van der Waals surface area contributed by atoms with Crippen LogP contribution in [0.15, 0.2) is 24.8 Å². The van der Waals surface area contributed by atoms with E-state index in [1.54, 1.807) is 6.08 Å². The Kier molecular flexibility index (Phi) is 4.46. The van der Waals surface area contributed by atoms with Gasteiger partial charge in [-0.3, -0.25) is 4.90 Å². The fourth-order valence-electron chi connectivity index (χ4n) is 2.98. The number of ether oxygens (including phenoxy) is 1. The van der Waals surface area contributed by atoms with Crippen molar-refractivity contribution in [2.45, 2.75) is 32.3 Å². The minimum atomic E-state index is -0.911. The molecule has 19 heavy (non-hydrogen) atoms. The van der Waals surface area contributed by atoms with Crippen LogP contribution >= 0.6 is 0 Å². The van der Waals surface area contributed by atoms with Gasteiger partial charge in [0.1, 0.15) is 0 Å². The average molecular weight is 267 g/mol. The summed E-state index contributed by atoms with van der Waals surface area (Å²) in [5.41, 5.74) is -0.542. The molecule has 0 radical (unpaired) electrons. The van der Waals surface area contributed by atoms with E-state index in [-0.39, 0.29) is 6.61 Å². The van der Waals surface area contributed by atoms with Gasteiger partial charge in [-0.25, -0.2) is 0 Å². The Balaban J connectivity index is 1.98. The summed E-state index contributed by atoms with van der Waals surface area (Å²) in [6.45, 7) is 9.24. The predicted octanol–water partition coefficient (Wildman–Crippen LogP) is 1.36. The Morgan fingerprint density at radius 2 is 2.26 bits per heavy atom. The molecule has 1 saturated heterocycles. The molecule has 2 aliphatic rings. The highest BCUT2D eigenvalue weighted by atomic mass is 16.6. The minimum Gasteiger partial charge on any atom is -0.396 e. The van der Waals surface area contributed by atoms with Gasteiger partial charge in [-0.05, 0) is 38.0 Å². The highest BCUT2D eigenvalue weighted by molar-refractivity contribution is 5.05. The van der Waals surface area contributed by atoms with E-state index < -0.39 is 12.0 Å². The quantitative estimate of drug-likeness (QED) is 0.583. The normalized spacial score (nSPS) is 33.2. The molecule has 108 valence electrons. The zero-order chi connectivity index (χ0) is 14.0. The fraction of sp³-hybridized carbons (Fsp3) is 0.733. The lowest BCUT2D eigenvalue weighted by Crippen LogP contribution is -2.41. The number of hydrogen-bond acceptors (Lipinski definition) is 4. The van der Waals surface area contributed by atoms with Crippen LogP contribution in [0.2, 0.25) is 0 Å². The van der Waals surface area contributed by atoms with Crippen LogP contribution in [0.25, 0.3) is 0 Å². The third-order valence-corrected chi connectivity index (χ3v) is 4.32. The van der Waals surface area contributed by atoms with E-state index in [1.165, 1.54) is 0 Å². The monoisotopic (exact) mass is 267 g/mol. The molecule has 1 aliphatic carbocycles. The van der Waals surface area contributed by atoms with E-state index in [4.69, 9.17) is 4.74 Å². The van der Waals surface area contributed by atoms with Gasteiger partial charge in [-0.1, -0.05) is 18.2 Å². The largest absolute Gasteiger partial charge is 0.396 e. The van der Waals surface area contributed by atoms with Gasteiger partial charge in [-0.15, -0.1) is 6.58 Å². The molecule has 0 aromatic rings. The molecule has 0 bridgehead atoms. The number of nitrogens with zero attached hydrogens (tertiary/aromatic N) is 1. The SMILES string of the molecule is C=CC(C)(C)OC(O)N1C[C@H]2[C@H](CO)CC=C[C@@H]2C1. The molecular weight excluding hydrogens is 242 g/mol. The van der Waals surface area contributed by atoms with E-state index in [1.807, 2.05) is 18.7 Å². The van der Waals surface area contributed by atoms with Crippen molar-refractivity contribution >= 4 is 0 Å². The lowest BCUT2D eigenvalue weighted by atomic mass is 9.78. The number of aliphatic hydroxyl groups excluding tert-OH is 2. The van der Waals surface area contributed by atoms with E-state index >= 15 is 0 Å². The lowest BCUT2D eigenvalue weighted by molar-refractivity contribution is -0.227. The van der Waals surface area contributed by atoms with Crippen LogP contribution in [0.3, 0.4) is 0 Å². The van der Waals surface area contributed by atoms with E-state index in [0.717, 1.165) is 19.5 Å². The fourth-order valence-corrected chi connectivity index (χ4v) is 2.98. The van der Waals surface area contributed by atoms with Crippen molar-refractivity contribution < 1.29 is 14.9 Å². The van der Waals surface area contributed by atoms with Crippen molar-refractivity contribution in [3.05, 3.63) is 24.8 Å². The Morgan fingerprint density at radius 1 is 1.53 bits per heavy atom. The molecule has 0 aromatic carbocycles. The van der Waals surface area contributed by atoms with Crippen molar-refractivity contribution in [3.63, 3.8) is 0 Å². The number of rotatable bonds is 5. The summed E-state index contributed by atoms with van der Waals surface area (Å²) < 4.78 is 5.62. The average Bonchev–Trinajstić information content (AvgIpc) is 2.82. The number of aliphatic hydroxyl groups is 2. The second-order valence-corrected chi connectivity index (χ2v) is 6.14. The standard InChI is InChI=1S/C15H25NO3/c1-4-15(2,3)19-14(18)16-8-11-6-5-7-12(10-17)13(11)9-16/h4-6,11-14,17-18H,1,7-10H2,2-3H3/t11-,12+,13-,14?/m1/s1. The topological polar surface area (TPSA) is 52.9 Å². The number of hydrogen-bond donors (Lipinski definition) is 2. The second-order valence-electron chi connectivity index (χ2n) is 6.14. The summed E-state index contributed by atoms with van der Waals surface area (Å²) in [5.74, 6) is 1.13. The van der Waals surface area contributed by atoms with Crippen LogP contribution < -0.4 is 0 Å². The van der Waals surface area contributed by atoms with Gasteiger partial charge in [0.25, 0.3) is 0 Å². The summed E-state index contributed by atoms with van der Waals surface area (Å²) in [5, 5.41) is 19.6. The zero-order valence-corrected chi connectivity index (χ0v) is 11.8. The van der Waals surface area contributed by atoms with Gasteiger partial charge in [0.2, 0.25) is 6.41 Å². The van der Waals surface area contributed by atoms with Gasteiger partial charge in [0.15, 0.2) is 0 Å². The number of fused-ring (bicyclic) bond motifs is 1. The van der Waals surface area contributed by atoms with Crippen LogP contribution in [0.5, 0.6) is 0 Å². The van der Waals surface area contributed by atoms with Crippen LogP contribution in [0.1, 0.15) is 20.3 Å². The maximum absolute atomic E-state index is 10.2. The smallest absolute Gasteiger partial charge is 0.216 e. The maximum atomic E-state index is 10.2. The van der Waals surface area contributed by atoms with Crippen LogP contribution in [0, 0.1) is 17.8 Å². The van der Waals surface area contributed by atoms with Gasteiger partial charge in [0, 0.05) is 19.7 Å². The first-order valence-electron chi connectivity index (χ1n) is 6.98. The van der Waals surface area contributed by atoms with Gasteiger partial charge in [0.05, 0.1) is 5.60 Å². The first-order chi connectivity index (χ1) is 8.96. The van der Waals surface area contributed by atoms with Gasteiger partial charge >= 0.3 is 0 Å². The molecule has 1 aliphatic heterocycles. The molecule has 2 rings (SSSR count). The van der Waals surface area contributed by atoms with Crippen molar-refractivity contribution in [1.82, 2.24) is 4.90 Å². The summed E-state index contributed by atoms with van der Waals surface area (Å²) in [7, 11) is 0. The summed E-state index contributed by atoms with van der Waals surface area (Å²) in [6, 6.07) is 0. The Labute approximate surface area is 115 Å². The third-order valence-electron chi connectivity index (χ3n) is 4.32. The number of allylic oxidation sites excluding steroid dienone is 1. The van der Waals surface area contributed by atoms with E-state index in [9.17, 15) is 10.2 Å². The molecule has 1 heterocycles. The third kappa shape index (κ3) is 3.26. The zero-order valence-electron chi connectivity index (χ0n) is 11.8. The molecule has 1 fully saturated rings. The summed E-state index contributed by atoms with van der Waals surface area (Å²) >= 11 is 0. The summed E-state index contributed by atoms with van der Waals surface area (Å²) in [4.78, 5) is 1.94. The number of likely N-dealkylation sites (tertiary alicyclic amines) is 1. The molecule has 1 unspecified atom stereocenters. The Morgan fingerprint density at radius 3 is 2.89 bits per heavy atom. The van der Waals surface area contributed by atoms with Crippen molar-refractivity contribution in [2.75, 3.05) is 19.7 Å². The molecule has 4 nitrogen and oxygen atoms in total. The second kappa shape index (κ2) is 5.75.